The summed E-state index contributed by atoms with van der Waals surface area (Å²) < 4.78 is 5.12. The highest BCUT2D eigenvalue weighted by Crippen LogP contribution is 2.27. The molecule has 0 atom stereocenters. The fourth-order valence-electron chi connectivity index (χ4n) is 2.10. The van der Waals surface area contributed by atoms with Crippen molar-refractivity contribution in [1.82, 2.24) is 10.9 Å². The van der Waals surface area contributed by atoms with E-state index in [0.29, 0.717) is 0 Å². The SMILES string of the molecule is CCOc1ccc(C(=O)NNC(=O)c2cccc([N+](=O)[O-])c2)cc1[N+](=O)[O-]. The van der Waals surface area contributed by atoms with E-state index >= 15 is 0 Å². The number of nitrogens with one attached hydrogen (secondary N) is 2. The molecule has 11 heteroatoms. The average molecular weight is 374 g/mol. The number of nitrogens with zero attached hydrogens (tertiary/aromatic N) is 2. The van der Waals surface area contributed by atoms with E-state index < -0.39 is 27.3 Å². The summed E-state index contributed by atoms with van der Waals surface area (Å²) in [6.45, 7) is 1.87. The Kier molecular flexibility index (Phi) is 5.99. The summed E-state index contributed by atoms with van der Waals surface area (Å²) in [6, 6.07) is 8.50. The van der Waals surface area contributed by atoms with Crippen molar-refractivity contribution >= 4 is 23.2 Å². The third kappa shape index (κ3) is 4.75. The van der Waals surface area contributed by atoms with Crippen molar-refractivity contribution in [1.29, 1.82) is 0 Å². The van der Waals surface area contributed by atoms with Gasteiger partial charge in [0.05, 0.1) is 16.5 Å². The fraction of sp³-hybridized carbons (Fsp3) is 0.125. The minimum Gasteiger partial charge on any atom is -0.487 e. The Labute approximate surface area is 152 Å². The Balaban J connectivity index is 2.10. The third-order valence-corrected chi connectivity index (χ3v) is 3.33. The summed E-state index contributed by atoms with van der Waals surface area (Å²) in [5.41, 5.74) is 3.39. The first-order chi connectivity index (χ1) is 12.8. The summed E-state index contributed by atoms with van der Waals surface area (Å²) in [7, 11) is 0. The van der Waals surface area contributed by atoms with Crippen molar-refractivity contribution in [2.24, 2.45) is 0 Å². The number of amides is 2. The van der Waals surface area contributed by atoms with Gasteiger partial charge in [0, 0.05) is 29.3 Å². The van der Waals surface area contributed by atoms with Gasteiger partial charge >= 0.3 is 5.69 Å². The average Bonchev–Trinajstić information content (AvgIpc) is 2.66. The van der Waals surface area contributed by atoms with Crippen molar-refractivity contribution < 1.29 is 24.2 Å². The maximum absolute atomic E-state index is 12.1. The zero-order chi connectivity index (χ0) is 20.0. The van der Waals surface area contributed by atoms with Crippen LogP contribution in [0.2, 0.25) is 0 Å². The van der Waals surface area contributed by atoms with E-state index in [4.69, 9.17) is 4.74 Å². The lowest BCUT2D eigenvalue weighted by Gasteiger charge is -2.09. The van der Waals surface area contributed by atoms with Crippen molar-refractivity contribution in [3.8, 4) is 5.75 Å². The molecule has 0 spiro atoms. The van der Waals surface area contributed by atoms with Crippen LogP contribution in [-0.2, 0) is 0 Å². The van der Waals surface area contributed by atoms with Crippen LogP contribution in [0.1, 0.15) is 27.6 Å². The molecule has 0 saturated heterocycles. The maximum Gasteiger partial charge on any atom is 0.311 e. The van der Waals surface area contributed by atoms with Crippen molar-refractivity contribution in [2.75, 3.05) is 6.61 Å². The van der Waals surface area contributed by atoms with Crippen LogP contribution in [0.15, 0.2) is 42.5 Å². The standard InChI is InChI=1S/C16H14N4O7/c1-2-27-14-7-6-11(9-13(14)20(25)26)16(22)18-17-15(21)10-4-3-5-12(8-10)19(23)24/h3-9H,2H2,1H3,(H,17,21)(H,18,22). The zero-order valence-electron chi connectivity index (χ0n) is 14.0. The molecule has 0 aliphatic rings. The van der Waals surface area contributed by atoms with E-state index in [1.807, 2.05) is 0 Å². The van der Waals surface area contributed by atoms with Gasteiger partial charge in [-0.05, 0) is 25.1 Å². The molecule has 0 aromatic heterocycles. The van der Waals surface area contributed by atoms with Gasteiger partial charge in [-0.25, -0.2) is 0 Å². The molecule has 27 heavy (non-hydrogen) atoms. The van der Waals surface area contributed by atoms with E-state index in [2.05, 4.69) is 10.9 Å². The van der Waals surface area contributed by atoms with Crippen LogP contribution in [-0.4, -0.2) is 28.3 Å². The monoisotopic (exact) mass is 374 g/mol. The second-order valence-corrected chi connectivity index (χ2v) is 5.09. The van der Waals surface area contributed by atoms with Crippen LogP contribution in [0.5, 0.6) is 5.75 Å². The summed E-state index contributed by atoms with van der Waals surface area (Å²) in [5.74, 6) is -1.58. The number of non-ortho nitro benzene ring substituents is 1. The van der Waals surface area contributed by atoms with E-state index in [1.165, 1.54) is 30.3 Å². The fourth-order valence-corrected chi connectivity index (χ4v) is 2.10. The molecule has 0 radical (unpaired) electrons. The summed E-state index contributed by atoms with van der Waals surface area (Å²) in [6.07, 6.45) is 0. The largest absolute Gasteiger partial charge is 0.487 e. The molecule has 0 saturated carbocycles. The first kappa shape index (κ1) is 19.3. The van der Waals surface area contributed by atoms with Crippen LogP contribution in [0.4, 0.5) is 11.4 Å². The Morgan fingerprint density at radius 3 is 2.15 bits per heavy atom. The Bertz CT molecular complexity index is 913. The van der Waals surface area contributed by atoms with E-state index in [0.717, 1.165) is 12.1 Å². The van der Waals surface area contributed by atoms with Crippen LogP contribution >= 0.6 is 0 Å². The molecule has 2 amide bonds. The maximum atomic E-state index is 12.1. The quantitative estimate of drug-likeness (QED) is 0.579. The molecule has 2 aromatic carbocycles. The number of ether oxygens (including phenoxy) is 1. The Morgan fingerprint density at radius 1 is 0.963 bits per heavy atom. The molecule has 0 unspecified atom stereocenters. The van der Waals surface area contributed by atoms with Crippen LogP contribution in [0.3, 0.4) is 0 Å². The predicted octanol–water partition coefficient (Wildman–Crippen LogP) is 1.98. The second-order valence-electron chi connectivity index (χ2n) is 5.09. The number of hydrogen-bond donors (Lipinski definition) is 2. The van der Waals surface area contributed by atoms with Crippen LogP contribution in [0, 0.1) is 20.2 Å². The van der Waals surface area contributed by atoms with Gasteiger partial charge < -0.3 is 4.74 Å². The smallest absolute Gasteiger partial charge is 0.311 e. The predicted molar refractivity (Wildman–Crippen MR) is 92.3 cm³/mol. The minimum atomic E-state index is -0.806. The summed E-state index contributed by atoms with van der Waals surface area (Å²) in [5, 5.41) is 21.8. The Morgan fingerprint density at radius 2 is 1.59 bits per heavy atom. The first-order valence-electron chi connectivity index (χ1n) is 7.60. The highest BCUT2D eigenvalue weighted by molar-refractivity contribution is 5.99. The molecule has 0 aliphatic carbocycles. The van der Waals surface area contributed by atoms with Gasteiger partial charge in [0.25, 0.3) is 17.5 Å². The minimum absolute atomic E-state index is 0.0136. The molecule has 0 bridgehead atoms. The highest BCUT2D eigenvalue weighted by Gasteiger charge is 2.19. The molecular formula is C16H14N4O7. The molecule has 0 heterocycles. The molecule has 2 aromatic rings. The van der Waals surface area contributed by atoms with Gasteiger partial charge in [-0.1, -0.05) is 6.07 Å². The third-order valence-electron chi connectivity index (χ3n) is 3.33. The van der Waals surface area contributed by atoms with Gasteiger partial charge in [-0.3, -0.25) is 40.7 Å². The van der Waals surface area contributed by atoms with Gasteiger partial charge in [-0.2, -0.15) is 0 Å². The van der Waals surface area contributed by atoms with Crippen molar-refractivity contribution in [3.05, 3.63) is 73.8 Å². The van der Waals surface area contributed by atoms with Crippen LogP contribution in [0.25, 0.3) is 0 Å². The lowest BCUT2D eigenvalue weighted by Crippen LogP contribution is -2.41. The van der Waals surface area contributed by atoms with Gasteiger partial charge in [0.2, 0.25) is 0 Å². The molecule has 0 aliphatic heterocycles. The lowest BCUT2D eigenvalue weighted by atomic mass is 10.1. The number of nitro benzene ring substituents is 2. The number of benzene rings is 2. The van der Waals surface area contributed by atoms with Crippen LogP contribution < -0.4 is 15.6 Å². The molecule has 2 rings (SSSR count). The van der Waals surface area contributed by atoms with E-state index in [1.54, 1.807) is 6.92 Å². The van der Waals surface area contributed by atoms with Crippen molar-refractivity contribution in [3.63, 3.8) is 0 Å². The van der Waals surface area contributed by atoms with Crippen molar-refractivity contribution in [2.45, 2.75) is 6.92 Å². The lowest BCUT2D eigenvalue weighted by molar-refractivity contribution is -0.385. The van der Waals surface area contributed by atoms with Gasteiger partial charge in [-0.15, -0.1) is 0 Å². The number of nitro groups is 2. The first-order valence-corrected chi connectivity index (χ1v) is 7.60. The summed E-state index contributed by atoms with van der Waals surface area (Å²) >= 11 is 0. The van der Waals surface area contributed by atoms with E-state index in [9.17, 15) is 29.8 Å². The number of hydrogen-bond acceptors (Lipinski definition) is 7. The molecule has 140 valence electrons. The molecule has 11 nitrogen and oxygen atoms in total. The molecular weight excluding hydrogens is 360 g/mol. The van der Waals surface area contributed by atoms with Gasteiger partial charge in [0.15, 0.2) is 5.75 Å². The number of hydrazine groups is 1. The zero-order valence-corrected chi connectivity index (χ0v) is 14.0. The number of carbonyl (C=O) groups excluding carboxylic acids is 2. The summed E-state index contributed by atoms with van der Waals surface area (Å²) in [4.78, 5) is 44.6. The molecule has 0 fully saturated rings. The van der Waals surface area contributed by atoms with E-state index in [-0.39, 0.29) is 29.2 Å². The number of carbonyl (C=O) groups is 2. The second kappa shape index (κ2) is 8.38. The topological polar surface area (TPSA) is 154 Å². The normalized spacial score (nSPS) is 9.96. The highest BCUT2D eigenvalue weighted by atomic mass is 16.6. The number of rotatable bonds is 6. The molecule has 2 N–H and O–H groups in total. The van der Waals surface area contributed by atoms with Gasteiger partial charge in [0.1, 0.15) is 0 Å². The Hall–Kier alpha value is -4.02.